The summed E-state index contributed by atoms with van der Waals surface area (Å²) in [5.41, 5.74) is 2.98. The minimum atomic E-state index is -4.94. The van der Waals surface area contributed by atoms with Gasteiger partial charge in [-0.2, -0.15) is 0 Å². The van der Waals surface area contributed by atoms with E-state index in [-0.39, 0.29) is 0 Å². The molecule has 3 rings (SSSR count). The molecule has 0 spiro atoms. The average Bonchev–Trinajstić information content (AvgIpc) is 2.75. The molecule has 96 valence electrons. The first kappa shape index (κ1) is 13.2. The van der Waals surface area contributed by atoms with Gasteiger partial charge in [-0.3, -0.25) is 0 Å². The number of benzene rings is 2. The number of fused-ring (bicyclic) bond motifs is 3. The van der Waals surface area contributed by atoms with E-state index in [0.717, 1.165) is 0 Å². The van der Waals surface area contributed by atoms with Crippen molar-refractivity contribution in [2.75, 3.05) is 6.54 Å². The van der Waals surface area contributed by atoms with E-state index in [2.05, 4.69) is 41.7 Å². The maximum atomic E-state index is 8.49. The van der Waals surface area contributed by atoms with Crippen LogP contribution in [0.15, 0.2) is 36.4 Å². The molecule has 2 aromatic carbocycles. The minimum absolute atomic E-state index is 1.21. The second-order valence-electron chi connectivity index (χ2n) is 3.98. The minimum Gasteiger partial charge on any atom is -0.313 e. The molecule has 0 aromatic heterocycles. The third kappa shape index (κ3) is 3.39. The Bertz CT molecular complexity index is 547. The monoisotopic (exact) mass is 269 g/mol. The van der Waals surface area contributed by atoms with Crippen molar-refractivity contribution in [3.8, 4) is 0 Å². The first-order valence-corrected chi connectivity index (χ1v) is 6.64. The van der Waals surface area contributed by atoms with Gasteiger partial charge in [0.05, 0.1) is 6.54 Å². The van der Waals surface area contributed by atoms with Crippen LogP contribution in [0, 0.1) is 10.2 Å². The summed E-state index contributed by atoms with van der Waals surface area (Å²) in [5, 5.41) is 5.15. The average molecular weight is 270 g/mol. The van der Waals surface area contributed by atoms with E-state index in [1.54, 1.807) is 0 Å². The molecular formula is C12H12ClNO4. The largest absolute Gasteiger partial charge is 0.313 e. The van der Waals surface area contributed by atoms with Gasteiger partial charge in [0.15, 0.2) is 0 Å². The van der Waals surface area contributed by atoms with Crippen molar-refractivity contribution in [1.82, 2.24) is 0 Å². The highest BCUT2D eigenvalue weighted by Crippen LogP contribution is 2.25. The zero-order valence-electron chi connectivity index (χ0n) is 9.47. The number of rotatable bonds is 0. The molecule has 0 fully saturated rings. The molecule has 1 aliphatic heterocycles. The summed E-state index contributed by atoms with van der Waals surface area (Å²) >= 11 is 0. The summed E-state index contributed by atoms with van der Waals surface area (Å²) < 4.78 is 34.0. The Labute approximate surface area is 106 Å². The summed E-state index contributed by atoms with van der Waals surface area (Å²) in [6, 6.07) is 13.1. The molecule has 0 amide bonds. The third-order valence-corrected chi connectivity index (χ3v) is 2.84. The summed E-state index contributed by atoms with van der Waals surface area (Å²) in [6.45, 7) is 1.21. The molecule has 0 unspecified atom stereocenters. The van der Waals surface area contributed by atoms with E-state index in [4.69, 9.17) is 18.6 Å². The van der Waals surface area contributed by atoms with Crippen molar-refractivity contribution in [1.29, 1.82) is 0 Å². The Balaban J connectivity index is 0.000000209. The highest BCUT2D eigenvalue weighted by molar-refractivity contribution is 5.88. The molecule has 2 N–H and O–H groups in total. The highest BCUT2D eigenvalue weighted by atomic mass is 35.7. The molecular weight excluding hydrogens is 258 g/mol. The van der Waals surface area contributed by atoms with Crippen molar-refractivity contribution in [3.63, 3.8) is 0 Å². The van der Waals surface area contributed by atoms with Crippen molar-refractivity contribution in [3.05, 3.63) is 42.0 Å². The lowest BCUT2D eigenvalue weighted by Gasteiger charge is -2.17. The molecule has 1 heterocycles. The van der Waals surface area contributed by atoms with Crippen LogP contribution in [-0.4, -0.2) is 6.54 Å². The Hall–Kier alpha value is -1.21. The Morgan fingerprint density at radius 2 is 1.61 bits per heavy atom. The lowest BCUT2D eigenvalue weighted by Crippen LogP contribution is -2.75. The Kier molecular flexibility index (Phi) is 3.82. The molecule has 0 saturated carbocycles. The molecule has 0 bridgehead atoms. The van der Waals surface area contributed by atoms with Gasteiger partial charge in [-0.25, -0.2) is 18.6 Å². The van der Waals surface area contributed by atoms with Gasteiger partial charge in [-0.15, -0.1) is 10.2 Å². The second kappa shape index (κ2) is 5.19. The topological polar surface area (TPSA) is 109 Å². The lowest BCUT2D eigenvalue weighted by atomic mass is 10.0. The summed E-state index contributed by atoms with van der Waals surface area (Å²) in [6.07, 6.45) is 1.22. The van der Waals surface area contributed by atoms with Crippen LogP contribution >= 0.6 is 0 Å². The van der Waals surface area contributed by atoms with Crippen LogP contribution < -0.4 is 24.0 Å². The highest BCUT2D eigenvalue weighted by Gasteiger charge is 2.16. The fraction of sp³-hybridized carbons (Fsp3) is 0.167. The fourth-order valence-corrected chi connectivity index (χ4v) is 2.20. The zero-order chi connectivity index (χ0) is 13.2. The van der Waals surface area contributed by atoms with Crippen LogP contribution in [0.3, 0.4) is 0 Å². The number of hydrogen-bond donors (Lipinski definition) is 1. The quantitative estimate of drug-likeness (QED) is 0.509. The summed E-state index contributed by atoms with van der Waals surface area (Å²) in [7, 11) is -4.94. The van der Waals surface area contributed by atoms with Gasteiger partial charge in [0, 0.05) is 12.0 Å². The molecule has 18 heavy (non-hydrogen) atoms. The van der Waals surface area contributed by atoms with Gasteiger partial charge in [0.2, 0.25) is 0 Å². The predicted octanol–water partition coefficient (Wildman–Crippen LogP) is -3.17. The van der Waals surface area contributed by atoms with Crippen LogP contribution in [-0.2, 0) is 6.42 Å². The first-order valence-electron chi connectivity index (χ1n) is 5.41. The normalized spacial score (nSPS) is 14.0. The van der Waals surface area contributed by atoms with E-state index in [9.17, 15) is 0 Å². The maximum Gasteiger partial charge on any atom is 0.133 e. The van der Waals surface area contributed by atoms with Crippen LogP contribution in [0.25, 0.3) is 10.8 Å². The van der Waals surface area contributed by atoms with Crippen molar-refractivity contribution >= 4 is 16.5 Å². The van der Waals surface area contributed by atoms with E-state index in [1.165, 1.54) is 35.0 Å². The lowest BCUT2D eigenvalue weighted by molar-refractivity contribution is -2.00. The van der Waals surface area contributed by atoms with Gasteiger partial charge in [-0.05, 0) is 22.9 Å². The molecule has 2 aromatic rings. The maximum absolute atomic E-state index is 8.49. The summed E-state index contributed by atoms with van der Waals surface area (Å²) in [5.74, 6) is 0. The van der Waals surface area contributed by atoms with Gasteiger partial charge < -0.3 is 5.32 Å². The van der Waals surface area contributed by atoms with Gasteiger partial charge in [0.25, 0.3) is 0 Å². The SMILES string of the molecule is [O-][Cl+3]([O-])([O-])[O-].c1ccc2c3c(ccc2c1)[NH2+]CC3. The number of hydrogen-bond acceptors (Lipinski definition) is 4. The Morgan fingerprint density at radius 3 is 2.33 bits per heavy atom. The van der Waals surface area contributed by atoms with E-state index in [0.29, 0.717) is 0 Å². The molecule has 1 aliphatic rings. The van der Waals surface area contributed by atoms with Gasteiger partial charge in [0.1, 0.15) is 5.69 Å². The molecule has 0 atom stereocenters. The van der Waals surface area contributed by atoms with Crippen molar-refractivity contribution in [2.45, 2.75) is 6.42 Å². The van der Waals surface area contributed by atoms with E-state index >= 15 is 0 Å². The standard InChI is InChI=1S/C12H11N.ClHO4/c1-2-4-10-9(3-1)5-6-12-11(10)7-8-13-12;2-1(3,4)5/h1-6,13H,7-8H2;(H,2,3,4,5). The smallest absolute Gasteiger partial charge is 0.133 e. The number of quaternary nitrogens is 1. The van der Waals surface area contributed by atoms with Crippen LogP contribution in [0.4, 0.5) is 5.69 Å². The molecule has 5 nitrogen and oxygen atoms in total. The summed E-state index contributed by atoms with van der Waals surface area (Å²) in [4.78, 5) is 0. The number of halogens is 1. The third-order valence-electron chi connectivity index (χ3n) is 2.84. The van der Waals surface area contributed by atoms with E-state index < -0.39 is 10.2 Å². The first-order chi connectivity index (χ1) is 8.45. The molecule has 0 aliphatic carbocycles. The van der Waals surface area contributed by atoms with Crippen LogP contribution in [0.2, 0.25) is 0 Å². The van der Waals surface area contributed by atoms with Crippen molar-refractivity contribution < 1.29 is 34.2 Å². The molecule has 6 heteroatoms. The number of nitrogens with two attached hydrogens (primary N) is 1. The molecule has 0 radical (unpaired) electrons. The van der Waals surface area contributed by atoms with Crippen molar-refractivity contribution in [2.24, 2.45) is 0 Å². The predicted molar refractivity (Wildman–Crippen MR) is 54.1 cm³/mol. The zero-order valence-corrected chi connectivity index (χ0v) is 10.2. The van der Waals surface area contributed by atoms with Crippen LogP contribution in [0.5, 0.6) is 0 Å². The Morgan fingerprint density at radius 1 is 0.944 bits per heavy atom. The van der Waals surface area contributed by atoms with E-state index in [1.807, 2.05) is 0 Å². The van der Waals surface area contributed by atoms with Crippen LogP contribution in [0.1, 0.15) is 5.56 Å². The van der Waals surface area contributed by atoms with Gasteiger partial charge >= 0.3 is 0 Å². The fourth-order valence-electron chi connectivity index (χ4n) is 2.20. The molecule has 0 saturated heterocycles. The second-order valence-corrected chi connectivity index (χ2v) is 4.73. The van der Waals surface area contributed by atoms with Gasteiger partial charge in [-0.1, -0.05) is 24.3 Å².